The fourth-order valence-electron chi connectivity index (χ4n) is 2.47. The predicted molar refractivity (Wildman–Crippen MR) is 111 cm³/mol. The van der Waals surface area contributed by atoms with Gasteiger partial charge in [-0.1, -0.05) is 24.3 Å². The smallest absolute Gasteiger partial charge is 0.254 e. The van der Waals surface area contributed by atoms with Gasteiger partial charge in [0.25, 0.3) is 5.91 Å². The Morgan fingerprint density at radius 3 is 2.66 bits per heavy atom. The highest BCUT2D eigenvalue weighted by Gasteiger charge is 2.09. The van der Waals surface area contributed by atoms with Crippen molar-refractivity contribution in [2.45, 2.75) is 24.5 Å². The second-order valence-corrected chi connectivity index (χ2v) is 7.40. The van der Waals surface area contributed by atoms with Gasteiger partial charge in [-0.25, -0.2) is 14.4 Å². The number of hydrogen-bond acceptors (Lipinski definition) is 6. The van der Waals surface area contributed by atoms with E-state index >= 15 is 0 Å². The first kappa shape index (κ1) is 20.9. The average molecular weight is 412 g/mol. The first-order valence-electron chi connectivity index (χ1n) is 9.04. The molecule has 0 aliphatic rings. The number of carbonyl (C=O) groups excluding carboxylic acids is 1. The van der Waals surface area contributed by atoms with E-state index in [1.165, 1.54) is 36.5 Å². The topological polar surface area (TPSA) is 87.1 Å². The maximum Gasteiger partial charge on any atom is 0.254 e. The number of nitrogens with one attached hydrogen (secondary N) is 2. The molecule has 1 unspecified atom stereocenters. The number of halogens is 1. The summed E-state index contributed by atoms with van der Waals surface area (Å²) < 4.78 is 16.4. The van der Waals surface area contributed by atoms with Crippen LogP contribution in [0, 0.1) is 5.82 Å². The Labute approximate surface area is 172 Å². The number of carbonyl (C=O) groups is 1. The van der Waals surface area contributed by atoms with Crippen molar-refractivity contribution >= 4 is 17.9 Å². The highest BCUT2D eigenvalue weighted by Crippen LogP contribution is 2.17. The highest BCUT2D eigenvalue weighted by atomic mass is 32.2. The van der Waals surface area contributed by atoms with Crippen LogP contribution in [0.3, 0.4) is 0 Å². The number of aliphatic hydroxyl groups excluding tert-OH is 1. The van der Waals surface area contributed by atoms with Crippen LogP contribution in [0.1, 0.15) is 22.8 Å². The van der Waals surface area contributed by atoms with Crippen molar-refractivity contribution in [3.05, 3.63) is 77.9 Å². The Morgan fingerprint density at radius 1 is 1.17 bits per heavy atom. The van der Waals surface area contributed by atoms with Gasteiger partial charge in [-0.3, -0.25) is 9.52 Å². The Balaban J connectivity index is 1.57. The van der Waals surface area contributed by atoms with E-state index in [2.05, 4.69) is 20.0 Å². The molecule has 6 nitrogen and oxygen atoms in total. The summed E-state index contributed by atoms with van der Waals surface area (Å²) in [5.74, 6) is -0.300. The van der Waals surface area contributed by atoms with Crippen LogP contribution in [-0.4, -0.2) is 33.6 Å². The van der Waals surface area contributed by atoms with Gasteiger partial charge in [-0.2, -0.15) is 0 Å². The number of benzene rings is 2. The quantitative estimate of drug-likeness (QED) is 0.493. The molecule has 8 heteroatoms. The standard InChI is InChI=1S/C21H21FN4O2S/c1-14(27)10-26-29-19-7-2-4-15(8-19)11-25-21(28)17-12-23-20(24-13-17)16-5-3-6-18(22)9-16/h2-9,12-14,26-27H,10-11H2,1H3,(H,25,28). The van der Waals surface area contributed by atoms with E-state index in [9.17, 15) is 14.3 Å². The van der Waals surface area contributed by atoms with Crippen LogP contribution in [0.4, 0.5) is 4.39 Å². The molecule has 0 fully saturated rings. The van der Waals surface area contributed by atoms with Crippen LogP contribution in [0.25, 0.3) is 11.4 Å². The molecule has 1 amide bonds. The van der Waals surface area contributed by atoms with Gasteiger partial charge in [0.15, 0.2) is 5.82 Å². The van der Waals surface area contributed by atoms with E-state index in [4.69, 9.17) is 0 Å². The molecule has 29 heavy (non-hydrogen) atoms. The monoisotopic (exact) mass is 412 g/mol. The maximum absolute atomic E-state index is 13.3. The molecule has 0 bridgehead atoms. The number of hydrogen-bond donors (Lipinski definition) is 3. The molecule has 150 valence electrons. The molecule has 2 aromatic carbocycles. The normalized spacial score (nSPS) is 11.8. The first-order chi connectivity index (χ1) is 14.0. The molecule has 1 atom stereocenters. The largest absolute Gasteiger partial charge is 0.392 e. The number of aromatic nitrogens is 2. The summed E-state index contributed by atoms with van der Waals surface area (Å²) in [6.45, 7) is 2.56. The summed E-state index contributed by atoms with van der Waals surface area (Å²) in [6.07, 6.45) is 2.43. The minimum Gasteiger partial charge on any atom is -0.392 e. The second kappa shape index (κ2) is 10.1. The zero-order chi connectivity index (χ0) is 20.6. The Bertz CT molecular complexity index is 967. The van der Waals surface area contributed by atoms with E-state index in [-0.39, 0.29) is 11.7 Å². The molecule has 3 aromatic rings. The molecular formula is C21H21FN4O2S. The molecule has 0 aliphatic carbocycles. The third-order valence-electron chi connectivity index (χ3n) is 3.92. The minimum atomic E-state index is -0.417. The van der Waals surface area contributed by atoms with Crippen LogP contribution in [0.5, 0.6) is 0 Å². The molecule has 0 aliphatic heterocycles. The van der Waals surface area contributed by atoms with E-state index in [1.54, 1.807) is 19.1 Å². The molecule has 1 aromatic heterocycles. The highest BCUT2D eigenvalue weighted by molar-refractivity contribution is 7.97. The van der Waals surface area contributed by atoms with Gasteiger partial charge in [0, 0.05) is 35.9 Å². The lowest BCUT2D eigenvalue weighted by atomic mass is 10.2. The third-order valence-corrected chi connectivity index (χ3v) is 4.72. The summed E-state index contributed by atoms with van der Waals surface area (Å²) in [6, 6.07) is 13.7. The molecule has 0 radical (unpaired) electrons. The van der Waals surface area contributed by atoms with Gasteiger partial charge in [-0.15, -0.1) is 0 Å². The molecule has 3 rings (SSSR count). The van der Waals surface area contributed by atoms with E-state index in [0.717, 1.165) is 10.5 Å². The van der Waals surface area contributed by atoms with Crippen molar-refractivity contribution < 1.29 is 14.3 Å². The number of rotatable bonds is 8. The predicted octanol–water partition coefficient (Wildman–Crippen LogP) is 3.19. The summed E-state index contributed by atoms with van der Waals surface area (Å²) in [4.78, 5) is 21.7. The zero-order valence-electron chi connectivity index (χ0n) is 15.8. The van der Waals surface area contributed by atoms with Crippen molar-refractivity contribution in [1.29, 1.82) is 0 Å². The van der Waals surface area contributed by atoms with Crippen LogP contribution in [-0.2, 0) is 6.54 Å². The average Bonchev–Trinajstić information content (AvgIpc) is 2.72. The fraction of sp³-hybridized carbons (Fsp3) is 0.190. The van der Waals surface area contributed by atoms with Gasteiger partial charge in [0.1, 0.15) is 5.82 Å². The van der Waals surface area contributed by atoms with Gasteiger partial charge < -0.3 is 10.4 Å². The van der Waals surface area contributed by atoms with Crippen molar-refractivity contribution in [1.82, 2.24) is 20.0 Å². The summed E-state index contributed by atoms with van der Waals surface area (Å²) >= 11 is 1.42. The van der Waals surface area contributed by atoms with Gasteiger partial charge in [0.2, 0.25) is 0 Å². The van der Waals surface area contributed by atoms with Crippen LogP contribution in [0.15, 0.2) is 65.8 Å². The Hall–Kier alpha value is -2.81. The van der Waals surface area contributed by atoms with Crippen LogP contribution in [0.2, 0.25) is 0 Å². The van der Waals surface area contributed by atoms with E-state index in [1.807, 2.05) is 24.3 Å². The van der Waals surface area contributed by atoms with E-state index in [0.29, 0.717) is 30.0 Å². The summed E-state index contributed by atoms with van der Waals surface area (Å²) in [7, 11) is 0. The fourth-order valence-corrected chi connectivity index (χ4v) is 3.32. The van der Waals surface area contributed by atoms with Crippen LogP contribution < -0.4 is 10.0 Å². The van der Waals surface area contributed by atoms with Crippen molar-refractivity contribution in [2.75, 3.05) is 6.54 Å². The third kappa shape index (κ3) is 6.35. The lowest BCUT2D eigenvalue weighted by Crippen LogP contribution is -2.23. The molecule has 3 N–H and O–H groups in total. The summed E-state index contributed by atoms with van der Waals surface area (Å²) in [5, 5.41) is 12.1. The Kier molecular flexibility index (Phi) is 7.29. The molecule has 0 saturated carbocycles. The summed E-state index contributed by atoms with van der Waals surface area (Å²) in [5.41, 5.74) is 1.82. The number of aliphatic hydroxyl groups is 1. The molecule has 1 heterocycles. The molecule has 0 spiro atoms. The SMILES string of the molecule is CC(O)CNSc1cccc(CNC(=O)c2cnc(-c3cccc(F)c3)nc2)c1. The van der Waals surface area contributed by atoms with Crippen LogP contribution >= 0.6 is 11.9 Å². The molecule has 0 saturated heterocycles. The minimum absolute atomic E-state index is 0.291. The second-order valence-electron chi connectivity index (χ2n) is 6.44. The van der Waals surface area contributed by atoms with Gasteiger partial charge in [-0.05, 0) is 48.7 Å². The number of nitrogens with zero attached hydrogens (tertiary/aromatic N) is 2. The van der Waals surface area contributed by atoms with E-state index < -0.39 is 6.10 Å². The number of amides is 1. The van der Waals surface area contributed by atoms with Gasteiger partial charge >= 0.3 is 0 Å². The molecular weight excluding hydrogens is 391 g/mol. The Morgan fingerprint density at radius 2 is 1.93 bits per heavy atom. The van der Waals surface area contributed by atoms with Crippen molar-refractivity contribution in [3.8, 4) is 11.4 Å². The van der Waals surface area contributed by atoms with Crippen molar-refractivity contribution in [2.24, 2.45) is 0 Å². The first-order valence-corrected chi connectivity index (χ1v) is 9.86. The maximum atomic E-state index is 13.3. The lowest BCUT2D eigenvalue weighted by Gasteiger charge is -2.09. The van der Waals surface area contributed by atoms with Crippen molar-refractivity contribution in [3.63, 3.8) is 0 Å². The van der Waals surface area contributed by atoms with Gasteiger partial charge in [0.05, 0.1) is 11.7 Å². The lowest BCUT2D eigenvalue weighted by molar-refractivity contribution is 0.0950. The zero-order valence-corrected chi connectivity index (χ0v) is 16.6.